The maximum absolute atomic E-state index is 3.32. The molecule has 0 aromatic carbocycles. The van der Waals surface area contributed by atoms with Crippen LogP contribution in [0.25, 0.3) is 0 Å². The summed E-state index contributed by atoms with van der Waals surface area (Å²) in [5.74, 6) is 8.07. The molecule has 0 N–H and O–H groups in total. The van der Waals surface area contributed by atoms with Gasteiger partial charge in [-0.2, -0.15) is 0 Å². The molecule has 3 rings (SSSR count). The van der Waals surface area contributed by atoms with Gasteiger partial charge in [0.2, 0.25) is 0 Å². The molecule has 0 bridgehead atoms. The Hall–Kier alpha value is -0.560. The molecule has 0 atom stereocenters. The number of likely N-dealkylation sites (tertiary alicyclic amines) is 1. The van der Waals surface area contributed by atoms with E-state index < -0.39 is 0 Å². The normalized spacial score (nSPS) is 26.2. The standard InChI is InChI=1S/C20H35N3/c1-17(2)6-5-7-21-8-10-22(11-9-21)14-19-12-20(13-19)15-23(16-20)18(3)4/h17-19H,7-16H2,1-4H3. The van der Waals surface area contributed by atoms with Crippen molar-refractivity contribution in [1.82, 2.24) is 14.7 Å². The van der Waals surface area contributed by atoms with Crippen LogP contribution in [0.2, 0.25) is 0 Å². The Bertz CT molecular complexity index is 437. The van der Waals surface area contributed by atoms with E-state index in [0.717, 1.165) is 23.9 Å². The summed E-state index contributed by atoms with van der Waals surface area (Å²) in [6.45, 7) is 18.9. The average molecular weight is 318 g/mol. The molecule has 0 unspecified atom stereocenters. The van der Waals surface area contributed by atoms with Crippen molar-refractivity contribution in [3.05, 3.63) is 0 Å². The van der Waals surface area contributed by atoms with Crippen LogP contribution in [0.4, 0.5) is 0 Å². The van der Waals surface area contributed by atoms with E-state index in [9.17, 15) is 0 Å². The second-order valence-corrected chi connectivity index (χ2v) is 8.83. The van der Waals surface area contributed by atoms with Gasteiger partial charge >= 0.3 is 0 Å². The first-order chi connectivity index (χ1) is 11.0. The van der Waals surface area contributed by atoms with Gasteiger partial charge in [0.1, 0.15) is 0 Å². The molecule has 130 valence electrons. The summed E-state index contributed by atoms with van der Waals surface area (Å²) in [6.07, 6.45) is 2.96. The maximum atomic E-state index is 3.32. The van der Waals surface area contributed by atoms with Crippen LogP contribution in [0, 0.1) is 29.1 Å². The zero-order chi connectivity index (χ0) is 16.4. The minimum absolute atomic E-state index is 0.500. The van der Waals surface area contributed by atoms with E-state index in [1.807, 2.05) is 0 Å². The van der Waals surface area contributed by atoms with Gasteiger partial charge in [0.15, 0.2) is 0 Å². The Kier molecular flexibility index (Phi) is 5.35. The van der Waals surface area contributed by atoms with E-state index in [-0.39, 0.29) is 0 Å². The zero-order valence-electron chi connectivity index (χ0n) is 15.6. The summed E-state index contributed by atoms with van der Waals surface area (Å²) >= 11 is 0. The number of hydrogen-bond acceptors (Lipinski definition) is 3. The number of rotatable bonds is 4. The van der Waals surface area contributed by atoms with Gasteiger partial charge in [0, 0.05) is 57.8 Å². The Balaban J connectivity index is 1.30. The summed E-state index contributed by atoms with van der Waals surface area (Å²) < 4.78 is 0. The lowest BCUT2D eigenvalue weighted by Gasteiger charge is -2.61. The molecule has 3 heteroatoms. The number of nitrogens with zero attached hydrogens (tertiary/aromatic N) is 3. The van der Waals surface area contributed by atoms with E-state index >= 15 is 0 Å². The Morgan fingerprint density at radius 3 is 2.13 bits per heavy atom. The van der Waals surface area contributed by atoms with Crippen LogP contribution in [0.3, 0.4) is 0 Å². The van der Waals surface area contributed by atoms with Crippen LogP contribution in [0.5, 0.6) is 0 Å². The summed E-state index contributed by atoms with van der Waals surface area (Å²) in [4.78, 5) is 7.84. The topological polar surface area (TPSA) is 9.72 Å². The molecule has 1 saturated carbocycles. The molecule has 0 aromatic heterocycles. The van der Waals surface area contributed by atoms with Crippen LogP contribution >= 0.6 is 0 Å². The number of hydrogen-bond donors (Lipinski definition) is 0. The molecule has 0 radical (unpaired) electrons. The molecule has 3 aliphatic rings. The van der Waals surface area contributed by atoms with Crippen LogP contribution < -0.4 is 0 Å². The molecule has 3 nitrogen and oxygen atoms in total. The Labute approximate surface area is 143 Å². The molecule has 1 spiro atoms. The van der Waals surface area contributed by atoms with Crippen molar-refractivity contribution in [2.24, 2.45) is 17.3 Å². The van der Waals surface area contributed by atoms with Crippen molar-refractivity contribution in [3.63, 3.8) is 0 Å². The van der Waals surface area contributed by atoms with Crippen molar-refractivity contribution in [1.29, 1.82) is 0 Å². The molecule has 0 amide bonds. The zero-order valence-corrected chi connectivity index (χ0v) is 15.6. The van der Waals surface area contributed by atoms with Gasteiger partial charge in [0.25, 0.3) is 0 Å². The summed E-state index contributed by atoms with van der Waals surface area (Å²) in [5.41, 5.74) is 0.725. The van der Waals surface area contributed by atoms with Crippen LogP contribution in [0.15, 0.2) is 0 Å². The first-order valence-electron chi connectivity index (χ1n) is 9.63. The molecule has 1 aliphatic carbocycles. The lowest BCUT2D eigenvalue weighted by Crippen LogP contribution is -2.65. The summed E-state index contributed by atoms with van der Waals surface area (Å²) in [5, 5.41) is 0. The van der Waals surface area contributed by atoms with E-state index in [1.165, 1.54) is 58.7 Å². The molecule has 0 aromatic rings. The Morgan fingerprint density at radius 1 is 0.957 bits per heavy atom. The molecule has 2 saturated heterocycles. The molecule has 2 aliphatic heterocycles. The van der Waals surface area contributed by atoms with Crippen LogP contribution in [-0.2, 0) is 0 Å². The van der Waals surface area contributed by atoms with Crippen molar-refractivity contribution in [2.45, 2.75) is 46.6 Å². The SMILES string of the molecule is CC(C)C#CCN1CCN(CC2CC3(C2)CN(C(C)C)C3)CC1. The fourth-order valence-corrected chi connectivity index (χ4v) is 4.59. The van der Waals surface area contributed by atoms with Gasteiger partial charge in [-0.05, 0) is 38.0 Å². The van der Waals surface area contributed by atoms with Gasteiger partial charge in [-0.15, -0.1) is 0 Å². The highest BCUT2D eigenvalue weighted by Crippen LogP contribution is 2.52. The first-order valence-corrected chi connectivity index (χ1v) is 9.63. The van der Waals surface area contributed by atoms with E-state index in [1.54, 1.807) is 0 Å². The van der Waals surface area contributed by atoms with Crippen molar-refractivity contribution in [2.75, 3.05) is 52.4 Å². The van der Waals surface area contributed by atoms with Gasteiger partial charge in [-0.1, -0.05) is 25.7 Å². The smallest absolute Gasteiger partial charge is 0.0602 e. The fraction of sp³-hybridized carbons (Fsp3) is 0.900. The molecule has 23 heavy (non-hydrogen) atoms. The summed E-state index contributed by atoms with van der Waals surface area (Å²) in [7, 11) is 0. The minimum Gasteiger partial charge on any atom is -0.301 e. The largest absolute Gasteiger partial charge is 0.301 e. The average Bonchev–Trinajstić information content (AvgIpc) is 2.40. The van der Waals surface area contributed by atoms with E-state index in [0.29, 0.717) is 5.92 Å². The highest BCUT2D eigenvalue weighted by atomic mass is 15.3. The maximum Gasteiger partial charge on any atom is 0.0602 e. The predicted molar refractivity (Wildman–Crippen MR) is 97.4 cm³/mol. The van der Waals surface area contributed by atoms with E-state index in [2.05, 4.69) is 54.2 Å². The van der Waals surface area contributed by atoms with Gasteiger partial charge < -0.3 is 4.90 Å². The van der Waals surface area contributed by atoms with Crippen molar-refractivity contribution >= 4 is 0 Å². The third kappa shape index (κ3) is 4.29. The second-order valence-electron chi connectivity index (χ2n) is 8.83. The van der Waals surface area contributed by atoms with Gasteiger partial charge in [0.05, 0.1) is 6.54 Å². The highest BCUT2D eigenvalue weighted by Gasteiger charge is 2.52. The summed E-state index contributed by atoms with van der Waals surface area (Å²) in [6, 6.07) is 0.742. The van der Waals surface area contributed by atoms with E-state index in [4.69, 9.17) is 0 Å². The number of piperazine rings is 1. The second kappa shape index (κ2) is 7.13. The monoisotopic (exact) mass is 317 g/mol. The highest BCUT2D eigenvalue weighted by molar-refractivity contribution is 5.06. The first kappa shape index (κ1) is 17.3. The van der Waals surface area contributed by atoms with Gasteiger partial charge in [-0.3, -0.25) is 9.80 Å². The minimum atomic E-state index is 0.500. The third-order valence-electron chi connectivity index (χ3n) is 5.93. The molecule has 3 fully saturated rings. The molecule has 2 heterocycles. The van der Waals surface area contributed by atoms with Crippen molar-refractivity contribution < 1.29 is 0 Å². The van der Waals surface area contributed by atoms with Crippen LogP contribution in [-0.4, -0.2) is 73.1 Å². The molecular formula is C20H35N3. The third-order valence-corrected chi connectivity index (χ3v) is 5.93. The van der Waals surface area contributed by atoms with Crippen molar-refractivity contribution in [3.8, 4) is 11.8 Å². The lowest BCUT2D eigenvalue weighted by molar-refractivity contribution is -0.114. The molecular weight excluding hydrogens is 282 g/mol. The Morgan fingerprint density at radius 2 is 1.57 bits per heavy atom. The fourth-order valence-electron chi connectivity index (χ4n) is 4.59. The lowest BCUT2D eigenvalue weighted by atomic mass is 9.57. The predicted octanol–water partition coefficient (Wildman–Crippen LogP) is 2.38. The quantitative estimate of drug-likeness (QED) is 0.737. The van der Waals surface area contributed by atoms with Crippen LogP contribution in [0.1, 0.15) is 40.5 Å². The van der Waals surface area contributed by atoms with Gasteiger partial charge in [-0.25, -0.2) is 0 Å².